The molecule has 2 heterocycles. The van der Waals surface area contributed by atoms with Gasteiger partial charge in [-0.15, -0.1) is 0 Å². The Balaban J connectivity index is 1.67. The van der Waals surface area contributed by atoms with Crippen molar-refractivity contribution in [2.45, 2.75) is 51.1 Å². The summed E-state index contributed by atoms with van der Waals surface area (Å²) in [6, 6.07) is 3.36. The van der Waals surface area contributed by atoms with Crippen molar-refractivity contribution in [2.24, 2.45) is 0 Å². The van der Waals surface area contributed by atoms with Crippen LogP contribution in [0.3, 0.4) is 0 Å². The summed E-state index contributed by atoms with van der Waals surface area (Å²) >= 11 is 12.6. The SMILES string of the molecule is Clc1cc(O[C@H]2CCCCO2)c(Cl)cc1O[C@@H]1CCCCO1. The predicted octanol–water partition coefficient (Wildman–Crippen LogP) is 4.80. The zero-order chi connectivity index (χ0) is 15.4. The number of rotatable bonds is 4. The van der Waals surface area contributed by atoms with Crippen molar-refractivity contribution >= 4 is 23.2 Å². The van der Waals surface area contributed by atoms with Crippen molar-refractivity contribution in [2.75, 3.05) is 13.2 Å². The Labute approximate surface area is 140 Å². The van der Waals surface area contributed by atoms with Crippen LogP contribution < -0.4 is 9.47 Å². The normalized spacial score (nSPS) is 25.7. The fourth-order valence-electron chi connectivity index (χ4n) is 2.58. The second kappa shape index (κ2) is 7.73. The Kier molecular flexibility index (Phi) is 5.69. The van der Waals surface area contributed by atoms with Crippen molar-refractivity contribution < 1.29 is 18.9 Å². The van der Waals surface area contributed by atoms with Gasteiger partial charge in [0, 0.05) is 25.0 Å². The molecule has 0 spiro atoms. The van der Waals surface area contributed by atoms with Gasteiger partial charge in [-0.25, -0.2) is 0 Å². The highest BCUT2D eigenvalue weighted by Gasteiger charge is 2.20. The molecule has 1 aromatic rings. The lowest BCUT2D eigenvalue weighted by molar-refractivity contribution is -0.107. The standard InChI is InChI=1S/C16H20Cl2O4/c17-11-10-14(22-16-6-2-4-8-20-16)12(18)9-13(11)21-15-5-1-3-7-19-15/h9-10,15-16H,1-8H2/t15-,16+. The van der Waals surface area contributed by atoms with E-state index in [1.54, 1.807) is 12.1 Å². The third-order valence-electron chi connectivity index (χ3n) is 3.78. The highest BCUT2D eigenvalue weighted by molar-refractivity contribution is 6.35. The average molecular weight is 347 g/mol. The molecule has 2 aliphatic heterocycles. The molecule has 0 radical (unpaired) electrons. The van der Waals surface area contributed by atoms with Crippen LogP contribution >= 0.6 is 23.2 Å². The first-order valence-corrected chi connectivity index (χ1v) is 8.53. The van der Waals surface area contributed by atoms with Crippen LogP contribution in [0.25, 0.3) is 0 Å². The lowest BCUT2D eigenvalue weighted by Gasteiger charge is -2.26. The van der Waals surface area contributed by atoms with E-state index in [-0.39, 0.29) is 12.6 Å². The molecular weight excluding hydrogens is 327 g/mol. The van der Waals surface area contributed by atoms with E-state index in [4.69, 9.17) is 42.1 Å². The van der Waals surface area contributed by atoms with Crippen LogP contribution in [0.1, 0.15) is 38.5 Å². The van der Waals surface area contributed by atoms with Crippen LogP contribution in [0.4, 0.5) is 0 Å². The van der Waals surface area contributed by atoms with Gasteiger partial charge >= 0.3 is 0 Å². The second-order valence-electron chi connectivity index (χ2n) is 5.54. The van der Waals surface area contributed by atoms with E-state index in [1.165, 1.54) is 0 Å². The van der Waals surface area contributed by atoms with Gasteiger partial charge < -0.3 is 18.9 Å². The monoisotopic (exact) mass is 346 g/mol. The molecule has 0 aromatic heterocycles. The lowest BCUT2D eigenvalue weighted by Crippen LogP contribution is -2.25. The molecule has 4 nitrogen and oxygen atoms in total. The number of hydrogen-bond acceptors (Lipinski definition) is 4. The van der Waals surface area contributed by atoms with E-state index in [0.29, 0.717) is 21.5 Å². The van der Waals surface area contributed by atoms with Crippen molar-refractivity contribution in [3.05, 3.63) is 22.2 Å². The Morgan fingerprint density at radius 2 is 1.23 bits per heavy atom. The number of ether oxygens (including phenoxy) is 4. The fraction of sp³-hybridized carbons (Fsp3) is 0.625. The van der Waals surface area contributed by atoms with Crippen molar-refractivity contribution in [3.63, 3.8) is 0 Å². The molecule has 0 N–H and O–H groups in total. The largest absolute Gasteiger partial charge is 0.463 e. The quantitative estimate of drug-likeness (QED) is 0.784. The summed E-state index contributed by atoms with van der Waals surface area (Å²) in [5.74, 6) is 1.05. The number of halogens is 2. The zero-order valence-electron chi connectivity index (χ0n) is 12.4. The van der Waals surface area contributed by atoms with Crippen LogP contribution in [-0.4, -0.2) is 25.8 Å². The van der Waals surface area contributed by atoms with Crippen molar-refractivity contribution in [3.8, 4) is 11.5 Å². The average Bonchev–Trinajstić information content (AvgIpc) is 2.54. The van der Waals surface area contributed by atoms with Crippen LogP contribution in [0.5, 0.6) is 11.5 Å². The predicted molar refractivity (Wildman–Crippen MR) is 84.9 cm³/mol. The molecule has 0 aliphatic carbocycles. The van der Waals surface area contributed by atoms with Crippen LogP contribution in [0.2, 0.25) is 10.0 Å². The smallest absolute Gasteiger partial charge is 0.199 e. The van der Waals surface area contributed by atoms with Gasteiger partial charge in [-0.1, -0.05) is 23.2 Å². The Morgan fingerprint density at radius 3 is 1.59 bits per heavy atom. The molecule has 0 bridgehead atoms. The maximum atomic E-state index is 6.28. The van der Waals surface area contributed by atoms with Gasteiger partial charge in [-0.3, -0.25) is 0 Å². The van der Waals surface area contributed by atoms with E-state index in [2.05, 4.69) is 0 Å². The lowest BCUT2D eigenvalue weighted by atomic mass is 10.2. The highest BCUT2D eigenvalue weighted by atomic mass is 35.5. The molecule has 3 rings (SSSR count). The first kappa shape index (κ1) is 16.2. The van der Waals surface area contributed by atoms with Crippen LogP contribution in [-0.2, 0) is 9.47 Å². The third-order valence-corrected chi connectivity index (χ3v) is 4.37. The molecule has 122 valence electrons. The van der Waals surface area contributed by atoms with Crippen molar-refractivity contribution in [1.29, 1.82) is 0 Å². The number of hydrogen-bond donors (Lipinski definition) is 0. The molecule has 1 aromatic carbocycles. The molecule has 2 saturated heterocycles. The fourth-order valence-corrected chi connectivity index (χ4v) is 2.98. The van der Waals surface area contributed by atoms with E-state index < -0.39 is 0 Å². The highest BCUT2D eigenvalue weighted by Crippen LogP contribution is 2.38. The molecular formula is C16H20Cl2O4. The van der Waals surface area contributed by atoms with Crippen LogP contribution in [0, 0.1) is 0 Å². The van der Waals surface area contributed by atoms with Crippen molar-refractivity contribution in [1.82, 2.24) is 0 Å². The van der Waals surface area contributed by atoms with Gasteiger partial charge in [0.15, 0.2) is 12.6 Å². The van der Waals surface area contributed by atoms with E-state index in [0.717, 1.165) is 51.7 Å². The summed E-state index contributed by atoms with van der Waals surface area (Å²) in [6.45, 7) is 1.44. The molecule has 0 saturated carbocycles. The van der Waals surface area contributed by atoms with Gasteiger partial charge in [-0.05, 0) is 25.7 Å². The Morgan fingerprint density at radius 1 is 0.773 bits per heavy atom. The summed E-state index contributed by atoms with van der Waals surface area (Å²) in [5, 5.41) is 0.925. The Hall–Kier alpha value is -0.680. The summed E-state index contributed by atoms with van der Waals surface area (Å²) in [5.41, 5.74) is 0. The molecule has 2 atom stereocenters. The topological polar surface area (TPSA) is 36.9 Å². The molecule has 6 heteroatoms. The maximum absolute atomic E-state index is 6.28. The summed E-state index contributed by atoms with van der Waals surface area (Å²) in [4.78, 5) is 0. The molecule has 2 fully saturated rings. The Bertz CT molecular complexity index is 451. The maximum Gasteiger partial charge on any atom is 0.199 e. The molecule has 2 aliphatic rings. The van der Waals surface area contributed by atoms with Gasteiger partial charge in [0.2, 0.25) is 0 Å². The summed E-state index contributed by atoms with van der Waals surface area (Å²) in [6.07, 6.45) is 5.55. The first-order chi connectivity index (χ1) is 10.7. The number of benzene rings is 1. The molecule has 0 unspecified atom stereocenters. The minimum Gasteiger partial charge on any atom is -0.463 e. The first-order valence-electron chi connectivity index (χ1n) is 7.78. The van der Waals surface area contributed by atoms with E-state index in [1.807, 2.05) is 0 Å². The summed E-state index contributed by atoms with van der Waals surface area (Å²) < 4.78 is 22.7. The van der Waals surface area contributed by atoms with Gasteiger partial charge in [0.05, 0.1) is 23.3 Å². The van der Waals surface area contributed by atoms with Gasteiger partial charge in [0.1, 0.15) is 11.5 Å². The molecule has 0 amide bonds. The minimum atomic E-state index is -0.254. The summed E-state index contributed by atoms with van der Waals surface area (Å²) in [7, 11) is 0. The van der Waals surface area contributed by atoms with E-state index >= 15 is 0 Å². The van der Waals surface area contributed by atoms with Crippen LogP contribution in [0.15, 0.2) is 12.1 Å². The second-order valence-corrected chi connectivity index (χ2v) is 6.36. The van der Waals surface area contributed by atoms with Gasteiger partial charge in [-0.2, -0.15) is 0 Å². The van der Waals surface area contributed by atoms with Gasteiger partial charge in [0.25, 0.3) is 0 Å². The zero-order valence-corrected chi connectivity index (χ0v) is 13.9. The van der Waals surface area contributed by atoms with E-state index in [9.17, 15) is 0 Å². The molecule has 22 heavy (non-hydrogen) atoms. The minimum absolute atomic E-state index is 0.254. The third kappa shape index (κ3) is 4.19.